The molecule has 1 aliphatic heterocycles. The number of carboxylic acids is 1. The van der Waals surface area contributed by atoms with Crippen molar-refractivity contribution in [3.63, 3.8) is 0 Å². The zero-order valence-electron chi connectivity index (χ0n) is 21.6. The van der Waals surface area contributed by atoms with Gasteiger partial charge in [0.05, 0.1) is 11.7 Å². The highest BCUT2D eigenvalue weighted by atomic mass is 35.5. The van der Waals surface area contributed by atoms with E-state index in [9.17, 15) is 14.3 Å². The maximum Gasteiger partial charge on any atom is 0.335 e. The molecule has 5 rings (SSSR count). The monoisotopic (exact) mass is 533 g/mol. The zero-order valence-corrected chi connectivity index (χ0v) is 22.4. The van der Waals surface area contributed by atoms with Crippen LogP contribution in [0.25, 0.3) is 10.8 Å². The van der Waals surface area contributed by atoms with Gasteiger partial charge in [-0.15, -0.1) is 12.4 Å². The third-order valence-corrected chi connectivity index (χ3v) is 7.50. The topological polar surface area (TPSA) is 58.6 Å². The first-order valence-electron chi connectivity index (χ1n) is 12.9. The summed E-state index contributed by atoms with van der Waals surface area (Å²) in [7, 11) is 0. The Kier molecular flexibility index (Phi) is 8.70. The number of carboxylic acid groups (broad SMARTS) is 1. The van der Waals surface area contributed by atoms with E-state index in [0.717, 1.165) is 59.2 Å². The Bertz CT molecular complexity index is 1440. The van der Waals surface area contributed by atoms with Crippen LogP contribution in [0.3, 0.4) is 0 Å². The number of hydrogen-bond donors (Lipinski definition) is 2. The number of halogens is 2. The van der Waals surface area contributed by atoms with Gasteiger partial charge < -0.3 is 15.2 Å². The van der Waals surface area contributed by atoms with Crippen molar-refractivity contribution >= 4 is 29.1 Å². The highest BCUT2D eigenvalue weighted by Crippen LogP contribution is 2.42. The number of carbonyl (C=O) groups is 1. The summed E-state index contributed by atoms with van der Waals surface area (Å²) < 4.78 is 20.6. The molecule has 0 bridgehead atoms. The van der Waals surface area contributed by atoms with Gasteiger partial charge in [-0.25, -0.2) is 9.18 Å². The lowest BCUT2D eigenvalue weighted by atomic mass is 9.81. The first-order chi connectivity index (χ1) is 17.9. The number of fused-ring (bicyclic) bond motifs is 2. The quantitative estimate of drug-likeness (QED) is 0.227. The van der Waals surface area contributed by atoms with Gasteiger partial charge in [-0.3, -0.25) is 0 Å². The van der Waals surface area contributed by atoms with Crippen molar-refractivity contribution in [2.45, 2.75) is 51.2 Å². The Labute approximate surface area is 229 Å². The number of benzene rings is 4. The van der Waals surface area contributed by atoms with Gasteiger partial charge in [0.15, 0.2) is 0 Å². The number of aromatic carboxylic acids is 1. The van der Waals surface area contributed by atoms with E-state index in [4.69, 9.17) is 4.74 Å². The van der Waals surface area contributed by atoms with Crippen LogP contribution in [0.5, 0.6) is 5.75 Å². The summed E-state index contributed by atoms with van der Waals surface area (Å²) in [5.41, 5.74) is 4.70. The highest BCUT2D eigenvalue weighted by Gasteiger charge is 2.30. The molecule has 0 aliphatic carbocycles. The highest BCUT2D eigenvalue weighted by molar-refractivity contribution is 5.88. The minimum Gasteiger partial charge on any atom is -0.490 e. The van der Waals surface area contributed by atoms with Crippen LogP contribution >= 0.6 is 12.4 Å². The Morgan fingerprint density at radius 2 is 1.76 bits per heavy atom. The van der Waals surface area contributed by atoms with Crippen LogP contribution in [0.15, 0.2) is 78.9 Å². The second-order valence-corrected chi connectivity index (χ2v) is 9.94. The molecule has 1 aliphatic rings. The summed E-state index contributed by atoms with van der Waals surface area (Å²) in [4.78, 5) is 11.4. The fraction of sp³-hybridized carbons (Fsp3) is 0.281. The number of para-hydroxylation sites is 1. The van der Waals surface area contributed by atoms with Crippen LogP contribution in [0.4, 0.5) is 4.39 Å². The van der Waals surface area contributed by atoms with Crippen molar-refractivity contribution in [2.75, 3.05) is 6.54 Å². The van der Waals surface area contributed by atoms with E-state index in [0.29, 0.717) is 10.9 Å². The number of nitrogens with one attached hydrogen (secondary N) is 1. The second-order valence-electron chi connectivity index (χ2n) is 9.94. The normalized spacial score (nSPS) is 17.2. The number of hydrogen-bond acceptors (Lipinski definition) is 3. The molecular formula is C32H33ClFNO3. The Balaban J connectivity index is 0.00000336. The third-order valence-electron chi connectivity index (χ3n) is 7.50. The predicted molar refractivity (Wildman–Crippen MR) is 152 cm³/mol. The van der Waals surface area contributed by atoms with Gasteiger partial charge in [0.25, 0.3) is 0 Å². The molecular weight excluding hydrogens is 501 g/mol. The van der Waals surface area contributed by atoms with E-state index in [2.05, 4.69) is 18.3 Å². The number of aryl methyl sites for hydroxylation is 1. The van der Waals surface area contributed by atoms with Crippen molar-refractivity contribution in [1.82, 2.24) is 5.32 Å². The largest absolute Gasteiger partial charge is 0.490 e. The van der Waals surface area contributed by atoms with Gasteiger partial charge in [0, 0.05) is 22.9 Å². The van der Waals surface area contributed by atoms with E-state index in [1.165, 1.54) is 0 Å². The molecule has 4 aromatic rings. The third kappa shape index (κ3) is 5.69. The first kappa shape index (κ1) is 27.6. The van der Waals surface area contributed by atoms with Crippen molar-refractivity contribution in [3.8, 4) is 5.75 Å². The molecule has 0 fully saturated rings. The molecule has 38 heavy (non-hydrogen) atoms. The molecule has 6 heteroatoms. The Morgan fingerprint density at radius 3 is 2.53 bits per heavy atom. The lowest BCUT2D eigenvalue weighted by molar-refractivity contribution is 0.0696. The maximum absolute atomic E-state index is 14.2. The predicted octanol–water partition coefficient (Wildman–Crippen LogP) is 7.82. The summed E-state index contributed by atoms with van der Waals surface area (Å²) in [6, 6.07) is 24.7. The van der Waals surface area contributed by atoms with Gasteiger partial charge in [-0.05, 0) is 86.0 Å². The van der Waals surface area contributed by atoms with Crippen molar-refractivity contribution < 1.29 is 19.0 Å². The molecule has 2 N–H and O–H groups in total. The molecule has 3 atom stereocenters. The van der Waals surface area contributed by atoms with Gasteiger partial charge in [-0.1, -0.05) is 54.6 Å². The smallest absolute Gasteiger partial charge is 0.335 e. The molecule has 0 saturated heterocycles. The summed E-state index contributed by atoms with van der Waals surface area (Å²) in [6.45, 7) is 4.93. The summed E-state index contributed by atoms with van der Waals surface area (Å²) in [5.74, 6) is -0.0289. The van der Waals surface area contributed by atoms with Gasteiger partial charge >= 0.3 is 5.97 Å². The molecule has 4 nitrogen and oxygen atoms in total. The van der Waals surface area contributed by atoms with Crippen molar-refractivity contribution in [1.29, 1.82) is 0 Å². The molecule has 0 aromatic heterocycles. The molecule has 198 valence electrons. The minimum absolute atomic E-state index is 0. The second kappa shape index (κ2) is 12.0. The molecule has 0 saturated carbocycles. The average molecular weight is 534 g/mol. The van der Waals surface area contributed by atoms with E-state index < -0.39 is 5.97 Å². The fourth-order valence-electron chi connectivity index (χ4n) is 5.59. The molecule has 0 radical (unpaired) electrons. The fourth-order valence-corrected chi connectivity index (χ4v) is 5.59. The SMILES string of the molecule is Cc1cc(C(=O)O)ccc1[C@@H]1C[C@@H](CCCN[C@H](C)c2ccc(F)c3ccccc23)Oc2ccccc21.Cl. The maximum atomic E-state index is 14.2. The van der Waals surface area contributed by atoms with E-state index >= 15 is 0 Å². The van der Waals surface area contributed by atoms with Crippen LogP contribution in [-0.2, 0) is 0 Å². The molecule has 0 amide bonds. The lowest BCUT2D eigenvalue weighted by Gasteiger charge is -2.33. The summed E-state index contributed by atoms with van der Waals surface area (Å²) >= 11 is 0. The zero-order chi connectivity index (χ0) is 25.9. The van der Waals surface area contributed by atoms with Gasteiger partial charge in [-0.2, -0.15) is 0 Å². The first-order valence-corrected chi connectivity index (χ1v) is 12.9. The van der Waals surface area contributed by atoms with Crippen LogP contribution < -0.4 is 10.1 Å². The average Bonchev–Trinajstić information content (AvgIpc) is 2.91. The minimum atomic E-state index is -0.907. The standard InChI is InChI=1S/C32H32FNO3.ClH/c1-20-18-22(32(35)36)13-14-24(20)29-19-23(37-31-12-6-5-11-28(29)31)8-7-17-34-21(2)25-15-16-30(33)27-10-4-3-9-26(25)27;/h3-6,9-16,18,21,23,29,34H,7-8,17,19H2,1-2H3,(H,35,36);1H/t21-,23-,29+;/m1./s1. The van der Waals surface area contributed by atoms with E-state index in [1.807, 2.05) is 61.5 Å². The van der Waals surface area contributed by atoms with Crippen molar-refractivity contribution in [3.05, 3.63) is 112 Å². The number of ether oxygens (including phenoxy) is 1. The Morgan fingerprint density at radius 1 is 1.03 bits per heavy atom. The van der Waals surface area contributed by atoms with Crippen LogP contribution in [0.2, 0.25) is 0 Å². The molecule has 4 aromatic carbocycles. The van der Waals surface area contributed by atoms with Crippen LogP contribution in [0.1, 0.15) is 70.8 Å². The van der Waals surface area contributed by atoms with Gasteiger partial charge in [0.1, 0.15) is 11.6 Å². The van der Waals surface area contributed by atoms with Gasteiger partial charge in [0.2, 0.25) is 0 Å². The van der Waals surface area contributed by atoms with Crippen LogP contribution in [-0.4, -0.2) is 23.7 Å². The lowest BCUT2D eigenvalue weighted by Crippen LogP contribution is -2.28. The Hall–Kier alpha value is -3.41. The molecule has 0 unspecified atom stereocenters. The van der Waals surface area contributed by atoms with Crippen molar-refractivity contribution in [2.24, 2.45) is 0 Å². The number of rotatable bonds is 8. The molecule has 0 spiro atoms. The van der Waals surface area contributed by atoms with Crippen LogP contribution in [0, 0.1) is 12.7 Å². The van der Waals surface area contributed by atoms with E-state index in [-0.39, 0.29) is 36.3 Å². The molecule has 1 heterocycles. The van der Waals surface area contributed by atoms with E-state index in [1.54, 1.807) is 18.2 Å². The summed E-state index contributed by atoms with van der Waals surface area (Å²) in [5, 5.41) is 14.6. The summed E-state index contributed by atoms with van der Waals surface area (Å²) in [6.07, 6.45) is 2.77.